The number of nitrogens with one attached hydrogen (secondary N) is 1. The monoisotopic (exact) mass is 225 g/mol. The third kappa shape index (κ3) is 2.67. The second-order valence-electron chi connectivity index (χ2n) is 5.04. The molecule has 88 valence electrons. The summed E-state index contributed by atoms with van der Waals surface area (Å²) in [5.41, 5.74) is 1.46. The lowest BCUT2D eigenvalue weighted by molar-refractivity contribution is 0.638. The van der Waals surface area contributed by atoms with E-state index in [2.05, 4.69) is 47.8 Å². The zero-order valence-electron chi connectivity index (χ0n) is 10.2. The third-order valence-electron chi connectivity index (χ3n) is 3.58. The van der Waals surface area contributed by atoms with E-state index in [1.807, 2.05) is 0 Å². The van der Waals surface area contributed by atoms with Gasteiger partial charge in [0.05, 0.1) is 0 Å². The van der Waals surface area contributed by atoms with Crippen LogP contribution in [-0.4, -0.2) is 13.1 Å². The smallest absolute Gasteiger partial charge is 0.000801 e. The fraction of sp³-hybridized carbons (Fsp3) is 0.375. The SMILES string of the molecule is c1ccc2c(CCNCC3CC3)cccc2c1. The summed E-state index contributed by atoms with van der Waals surface area (Å²) in [6.45, 7) is 2.31. The van der Waals surface area contributed by atoms with Crippen molar-refractivity contribution in [3.05, 3.63) is 48.0 Å². The maximum atomic E-state index is 3.56. The van der Waals surface area contributed by atoms with E-state index in [4.69, 9.17) is 0 Å². The first-order valence-corrected chi connectivity index (χ1v) is 6.61. The van der Waals surface area contributed by atoms with Gasteiger partial charge < -0.3 is 5.32 Å². The standard InChI is InChI=1S/C16H19N/c1-2-7-16-14(4-1)5-3-6-15(16)10-11-17-12-13-8-9-13/h1-7,13,17H,8-12H2. The average Bonchev–Trinajstić information content (AvgIpc) is 3.19. The molecule has 0 atom stereocenters. The second kappa shape index (κ2) is 4.89. The summed E-state index contributed by atoms with van der Waals surface area (Å²) in [7, 11) is 0. The van der Waals surface area contributed by atoms with Crippen LogP contribution in [0.5, 0.6) is 0 Å². The first-order chi connectivity index (χ1) is 8.43. The molecule has 1 fully saturated rings. The van der Waals surface area contributed by atoms with Crippen LogP contribution < -0.4 is 5.32 Å². The van der Waals surface area contributed by atoms with Gasteiger partial charge in [-0.15, -0.1) is 0 Å². The van der Waals surface area contributed by atoms with Gasteiger partial charge in [0, 0.05) is 0 Å². The molecule has 1 heteroatoms. The summed E-state index contributed by atoms with van der Waals surface area (Å²) in [6.07, 6.45) is 4.00. The van der Waals surface area contributed by atoms with Crippen LogP contribution in [0.25, 0.3) is 10.8 Å². The van der Waals surface area contributed by atoms with Gasteiger partial charge in [0.1, 0.15) is 0 Å². The summed E-state index contributed by atoms with van der Waals surface area (Å²) >= 11 is 0. The Balaban J connectivity index is 1.66. The molecule has 0 saturated heterocycles. The molecule has 0 aliphatic heterocycles. The molecule has 0 heterocycles. The molecular formula is C16H19N. The summed E-state index contributed by atoms with van der Waals surface area (Å²) in [5.74, 6) is 0.975. The van der Waals surface area contributed by atoms with Crippen molar-refractivity contribution in [3.63, 3.8) is 0 Å². The Morgan fingerprint density at radius 2 is 1.82 bits per heavy atom. The Morgan fingerprint density at radius 3 is 2.71 bits per heavy atom. The molecular weight excluding hydrogens is 206 g/mol. The Bertz CT molecular complexity index is 494. The van der Waals surface area contributed by atoms with Gasteiger partial charge in [0.25, 0.3) is 0 Å². The highest BCUT2D eigenvalue weighted by atomic mass is 14.9. The molecule has 17 heavy (non-hydrogen) atoms. The first kappa shape index (κ1) is 10.8. The number of hydrogen-bond acceptors (Lipinski definition) is 1. The van der Waals surface area contributed by atoms with Crippen molar-refractivity contribution in [2.24, 2.45) is 5.92 Å². The summed E-state index contributed by atoms with van der Waals surface area (Å²) < 4.78 is 0. The minimum atomic E-state index is 0.975. The Kier molecular flexibility index (Phi) is 3.10. The predicted molar refractivity (Wildman–Crippen MR) is 73.2 cm³/mol. The van der Waals surface area contributed by atoms with Crippen molar-refractivity contribution < 1.29 is 0 Å². The van der Waals surface area contributed by atoms with Crippen LogP contribution in [0.4, 0.5) is 0 Å². The Hall–Kier alpha value is -1.34. The van der Waals surface area contributed by atoms with E-state index < -0.39 is 0 Å². The fourth-order valence-electron chi connectivity index (χ4n) is 2.36. The lowest BCUT2D eigenvalue weighted by atomic mass is 10.0. The zero-order valence-corrected chi connectivity index (χ0v) is 10.2. The van der Waals surface area contributed by atoms with Gasteiger partial charge in [0.15, 0.2) is 0 Å². The van der Waals surface area contributed by atoms with E-state index in [0.29, 0.717) is 0 Å². The third-order valence-corrected chi connectivity index (χ3v) is 3.58. The van der Waals surface area contributed by atoms with E-state index >= 15 is 0 Å². The minimum Gasteiger partial charge on any atom is -0.316 e. The van der Waals surface area contributed by atoms with Crippen molar-refractivity contribution in [1.82, 2.24) is 5.32 Å². The van der Waals surface area contributed by atoms with E-state index in [9.17, 15) is 0 Å². The van der Waals surface area contributed by atoms with Gasteiger partial charge in [-0.05, 0) is 54.6 Å². The maximum absolute atomic E-state index is 3.56. The quantitative estimate of drug-likeness (QED) is 0.769. The lowest BCUT2D eigenvalue weighted by Gasteiger charge is -2.07. The van der Waals surface area contributed by atoms with Crippen LogP contribution in [-0.2, 0) is 6.42 Å². The van der Waals surface area contributed by atoms with Crippen LogP contribution in [0.3, 0.4) is 0 Å². The maximum Gasteiger partial charge on any atom is -0.000801 e. The van der Waals surface area contributed by atoms with Gasteiger partial charge >= 0.3 is 0 Å². The summed E-state index contributed by atoms with van der Waals surface area (Å²) in [6, 6.07) is 15.3. The van der Waals surface area contributed by atoms with Crippen molar-refractivity contribution in [1.29, 1.82) is 0 Å². The molecule has 1 saturated carbocycles. The topological polar surface area (TPSA) is 12.0 Å². The van der Waals surface area contributed by atoms with Crippen molar-refractivity contribution in [3.8, 4) is 0 Å². The minimum absolute atomic E-state index is 0.975. The van der Waals surface area contributed by atoms with Crippen molar-refractivity contribution in [2.75, 3.05) is 13.1 Å². The van der Waals surface area contributed by atoms with Crippen LogP contribution in [0.15, 0.2) is 42.5 Å². The molecule has 1 aliphatic carbocycles. The van der Waals surface area contributed by atoms with Gasteiger partial charge in [0.2, 0.25) is 0 Å². The molecule has 0 aromatic heterocycles. The van der Waals surface area contributed by atoms with Crippen molar-refractivity contribution in [2.45, 2.75) is 19.3 Å². The predicted octanol–water partition coefficient (Wildman–Crippen LogP) is 3.38. The molecule has 2 aromatic carbocycles. The fourth-order valence-corrected chi connectivity index (χ4v) is 2.36. The summed E-state index contributed by atoms with van der Waals surface area (Å²) in [4.78, 5) is 0. The first-order valence-electron chi connectivity index (χ1n) is 6.61. The molecule has 1 aliphatic rings. The molecule has 1 nitrogen and oxygen atoms in total. The number of fused-ring (bicyclic) bond motifs is 1. The Labute approximate surface area is 103 Å². The van der Waals surface area contributed by atoms with E-state index in [0.717, 1.165) is 18.9 Å². The lowest BCUT2D eigenvalue weighted by Crippen LogP contribution is -2.19. The van der Waals surface area contributed by atoms with Gasteiger partial charge in [-0.2, -0.15) is 0 Å². The number of rotatable bonds is 5. The molecule has 0 unspecified atom stereocenters. The zero-order chi connectivity index (χ0) is 11.5. The van der Waals surface area contributed by atoms with Crippen LogP contribution in [0, 0.1) is 5.92 Å². The van der Waals surface area contributed by atoms with Crippen molar-refractivity contribution >= 4 is 10.8 Å². The molecule has 1 N–H and O–H groups in total. The molecule has 0 bridgehead atoms. The van der Waals surface area contributed by atoms with Crippen LogP contribution >= 0.6 is 0 Å². The largest absolute Gasteiger partial charge is 0.316 e. The van der Waals surface area contributed by atoms with Gasteiger partial charge in [-0.3, -0.25) is 0 Å². The van der Waals surface area contributed by atoms with E-state index in [1.54, 1.807) is 0 Å². The van der Waals surface area contributed by atoms with Gasteiger partial charge in [-0.1, -0.05) is 42.5 Å². The second-order valence-corrected chi connectivity index (χ2v) is 5.04. The molecule has 2 aromatic rings. The number of benzene rings is 2. The number of hydrogen-bond donors (Lipinski definition) is 1. The van der Waals surface area contributed by atoms with E-state index in [-0.39, 0.29) is 0 Å². The highest BCUT2D eigenvalue weighted by Gasteiger charge is 2.19. The molecule has 0 radical (unpaired) electrons. The van der Waals surface area contributed by atoms with Gasteiger partial charge in [-0.25, -0.2) is 0 Å². The summed E-state index contributed by atoms with van der Waals surface area (Å²) in [5, 5.41) is 6.32. The molecule has 0 amide bonds. The average molecular weight is 225 g/mol. The van der Waals surface area contributed by atoms with Crippen LogP contribution in [0.2, 0.25) is 0 Å². The van der Waals surface area contributed by atoms with Crippen LogP contribution in [0.1, 0.15) is 18.4 Å². The molecule has 3 rings (SSSR count). The normalized spacial score (nSPS) is 15.3. The Morgan fingerprint density at radius 1 is 1.00 bits per heavy atom. The highest BCUT2D eigenvalue weighted by Crippen LogP contribution is 2.27. The van der Waals surface area contributed by atoms with E-state index in [1.165, 1.54) is 35.7 Å². The molecule has 0 spiro atoms. The highest BCUT2D eigenvalue weighted by molar-refractivity contribution is 5.85.